The third-order valence-corrected chi connectivity index (χ3v) is 3.95. The van der Waals surface area contributed by atoms with E-state index < -0.39 is 0 Å². The van der Waals surface area contributed by atoms with Gasteiger partial charge in [-0.1, -0.05) is 42.5 Å². The molecule has 0 radical (unpaired) electrons. The topological polar surface area (TPSA) is 3.24 Å². The van der Waals surface area contributed by atoms with Crippen LogP contribution in [0.5, 0.6) is 0 Å². The summed E-state index contributed by atoms with van der Waals surface area (Å²) in [5, 5.41) is 0. The fourth-order valence-electron chi connectivity index (χ4n) is 2.84. The second-order valence-corrected chi connectivity index (χ2v) is 5.24. The first-order valence-electron chi connectivity index (χ1n) is 6.65. The van der Waals surface area contributed by atoms with Gasteiger partial charge in [-0.15, -0.1) is 0 Å². The monoisotopic (exact) mass is 237 g/mol. The Balaban J connectivity index is 1.92. The van der Waals surface area contributed by atoms with Crippen molar-refractivity contribution in [3.8, 4) is 0 Å². The van der Waals surface area contributed by atoms with E-state index in [1.54, 1.807) is 0 Å². The van der Waals surface area contributed by atoms with Crippen molar-refractivity contribution >= 4 is 5.69 Å². The molecule has 1 heteroatoms. The highest BCUT2D eigenvalue weighted by atomic mass is 15.2. The lowest BCUT2D eigenvalue weighted by molar-refractivity contribution is 0.671. The van der Waals surface area contributed by atoms with E-state index in [4.69, 9.17) is 0 Å². The predicted octanol–water partition coefficient (Wildman–Crippen LogP) is 3.95. The minimum Gasteiger partial charge on any atom is -0.364 e. The van der Waals surface area contributed by atoms with Crippen LogP contribution in [0.4, 0.5) is 5.69 Å². The maximum atomic E-state index is 2.53. The lowest BCUT2D eigenvalue weighted by Crippen LogP contribution is -2.28. The van der Waals surface area contributed by atoms with E-state index in [2.05, 4.69) is 67.3 Å². The van der Waals surface area contributed by atoms with Gasteiger partial charge in [0.25, 0.3) is 0 Å². The van der Waals surface area contributed by atoms with Crippen LogP contribution in [-0.2, 0) is 13.0 Å². The van der Waals surface area contributed by atoms with Crippen molar-refractivity contribution in [3.63, 3.8) is 0 Å². The molecule has 0 saturated heterocycles. The third-order valence-electron chi connectivity index (χ3n) is 3.95. The Bertz CT molecular complexity index is 559. The van der Waals surface area contributed by atoms with Gasteiger partial charge in [0.05, 0.1) is 0 Å². The molecule has 1 nitrogen and oxygen atoms in total. The molecule has 0 aromatic heterocycles. The Hall–Kier alpha value is -1.76. The summed E-state index contributed by atoms with van der Waals surface area (Å²) in [6, 6.07) is 18.1. The lowest BCUT2D eigenvalue weighted by atomic mass is 10.1. The number of hydrogen-bond donors (Lipinski definition) is 0. The molecule has 0 N–H and O–H groups in total. The molecule has 1 atom stereocenters. The molecular weight excluding hydrogens is 218 g/mol. The van der Waals surface area contributed by atoms with Crippen LogP contribution >= 0.6 is 0 Å². The Kier molecular flexibility index (Phi) is 2.83. The van der Waals surface area contributed by atoms with Crippen molar-refractivity contribution in [2.24, 2.45) is 0 Å². The summed E-state index contributed by atoms with van der Waals surface area (Å²) in [6.07, 6.45) is 1.17. The first kappa shape index (κ1) is 11.3. The first-order valence-corrected chi connectivity index (χ1v) is 6.65. The summed E-state index contributed by atoms with van der Waals surface area (Å²) < 4.78 is 0. The summed E-state index contributed by atoms with van der Waals surface area (Å²) in [5.41, 5.74) is 5.71. The number of hydrogen-bond acceptors (Lipinski definition) is 1. The standard InChI is InChI=1S/C17H19N/c1-13-7-3-4-9-16(13)12-18-14(2)11-15-8-5-6-10-17(15)18/h3-10,14H,11-12H2,1-2H3. The van der Waals surface area contributed by atoms with Gasteiger partial charge in [0.2, 0.25) is 0 Å². The fraction of sp³-hybridized carbons (Fsp3) is 0.294. The van der Waals surface area contributed by atoms with Crippen LogP contribution in [0.25, 0.3) is 0 Å². The summed E-state index contributed by atoms with van der Waals surface area (Å²) in [7, 11) is 0. The summed E-state index contributed by atoms with van der Waals surface area (Å²) in [4.78, 5) is 2.53. The summed E-state index contributed by atoms with van der Waals surface area (Å²) in [5.74, 6) is 0. The molecule has 0 saturated carbocycles. The molecule has 92 valence electrons. The van der Waals surface area contributed by atoms with Gasteiger partial charge in [0, 0.05) is 18.3 Å². The average Bonchev–Trinajstić information content (AvgIpc) is 2.69. The normalized spacial score (nSPS) is 17.9. The number of para-hydroxylation sites is 1. The second kappa shape index (κ2) is 4.49. The molecule has 1 unspecified atom stereocenters. The number of aryl methyl sites for hydroxylation is 1. The quantitative estimate of drug-likeness (QED) is 0.764. The zero-order valence-corrected chi connectivity index (χ0v) is 11.1. The fourth-order valence-corrected chi connectivity index (χ4v) is 2.84. The maximum absolute atomic E-state index is 2.53. The molecular formula is C17H19N. The molecule has 18 heavy (non-hydrogen) atoms. The molecule has 1 aliphatic rings. The van der Waals surface area contributed by atoms with Gasteiger partial charge in [0.15, 0.2) is 0 Å². The minimum atomic E-state index is 0.599. The summed E-state index contributed by atoms with van der Waals surface area (Å²) >= 11 is 0. The molecule has 0 bridgehead atoms. The Morgan fingerprint density at radius 2 is 1.78 bits per heavy atom. The largest absolute Gasteiger partial charge is 0.364 e. The highest BCUT2D eigenvalue weighted by Gasteiger charge is 2.25. The smallest absolute Gasteiger partial charge is 0.0435 e. The van der Waals surface area contributed by atoms with Crippen molar-refractivity contribution in [1.29, 1.82) is 0 Å². The van der Waals surface area contributed by atoms with Gasteiger partial charge in [-0.3, -0.25) is 0 Å². The van der Waals surface area contributed by atoms with E-state index in [0.29, 0.717) is 6.04 Å². The Morgan fingerprint density at radius 1 is 1.06 bits per heavy atom. The third kappa shape index (κ3) is 1.90. The van der Waals surface area contributed by atoms with Gasteiger partial charge in [0.1, 0.15) is 0 Å². The predicted molar refractivity (Wildman–Crippen MR) is 77.0 cm³/mol. The second-order valence-electron chi connectivity index (χ2n) is 5.24. The van der Waals surface area contributed by atoms with Crippen LogP contribution in [0, 0.1) is 6.92 Å². The SMILES string of the molecule is Cc1ccccc1CN1c2ccccc2CC1C. The molecule has 1 aliphatic heterocycles. The van der Waals surface area contributed by atoms with Crippen LogP contribution < -0.4 is 4.90 Å². The molecule has 0 amide bonds. The van der Waals surface area contributed by atoms with E-state index in [0.717, 1.165) is 6.54 Å². The zero-order chi connectivity index (χ0) is 12.5. The number of fused-ring (bicyclic) bond motifs is 1. The molecule has 3 rings (SSSR count). The zero-order valence-electron chi connectivity index (χ0n) is 11.1. The van der Waals surface area contributed by atoms with E-state index in [1.807, 2.05) is 0 Å². The van der Waals surface area contributed by atoms with Crippen LogP contribution in [0.3, 0.4) is 0 Å². The van der Waals surface area contributed by atoms with Gasteiger partial charge in [-0.05, 0) is 43.0 Å². The molecule has 0 spiro atoms. The van der Waals surface area contributed by atoms with E-state index >= 15 is 0 Å². The Morgan fingerprint density at radius 3 is 2.61 bits per heavy atom. The van der Waals surface area contributed by atoms with Gasteiger partial charge >= 0.3 is 0 Å². The highest BCUT2D eigenvalue weighted by molar-refractivity contribution is 5.59. The minimum absolute atomic E-state index is 0.599. The van der Waals surface area contributed by atoms with Crippen LogP contribution in [0.1, 0.15) is 23.6 Å². The van der Waals surface area contributed by atoms with Crippen LogP contribution in [-0.4, -0.2) is 6.04 Å². The van der Waals surface area contributed by atoms with Crippen molar-refractivity contribution in [2.75, 3.05) is 4.90 Å². The van der Waals surface area contributed by atoms with Gasteiger partial charge in [-0.25, -0.2) is 0 Å². The van der Waals surface area contributed by atoms with E-state index in [9.17, 15) is 0 Å². The van der Waals surface area contributed by atoms with Crippen LogP contribution in [0.15, 0.2) is 48.5 Å². The van der Waals surface area contributed by atoms with E-state index in [-0.39, 0.29) is 0 Å². The average molecular weight is 237 g/mol. The van der Waals surface area contributed by atoms with Crippen molar-refractivity contribution in [3.05, 3.63) is 65.2 Å². The van der Waals surface area contributed by atoms with Crippen molar-refractivity contribution in [1.82, 2.24) is 0 Å². The molecule has 0 fully saturated rings. The van der Waals surface area contributed by atoms with Gasteiger partial charge < -0.3 is 4.90 Å². The molecule has 0 aliphatic carbocycles. The Labute approximate surface area is 109 Å². The number of rotatable bonds is 2. The van der Waals surface area contributed by atoms with Crippen molar-refractivity contribution in [2.45, 2.75) is 32.9 Å². The van der Waals surface area contributed by atoms with Crippen LogP contribution in [0.2, 0.25) is 0 Å². The summed E-state index contributed by atoms with van der Waals surface area (Å²) in [6.45, 7) is 5.53. The van der Waals surface area contributed by atoms with Gasteiger partial charge in [-0.2, -0.15) is 0 Å². The lowest BCUT2D eigenvalue weighted by Gasteiger charge is -2.25. The molecule has 1 heterocycles. The maximum Gasteiger partial charge on any atom is 0.0435 e. The number of benzene rings is 2. The number of nitrogens with zero attached hydrogens (tertiary/aromatic N) is 1. The highest BCUT2D eigenvalue weighted by Crippen LogP contribution is 2.33. The molecule has 2 aromatic rings. The number of anilines is 1. The molecule has 2 aromatic carbocycles. The first-order chi connectivity index (χ1) is 8.75. The van der Waals surface area contributed by atoms with E-state index in [1.165, 1.54) is 28.8 Å². The van der Waals surface area contributed by atoms with Crippen molar-refractivity contribution < 1.29 is 0 Å².